The van der Waals surface area contributed by atoms with Crippen molar-refractivity contribution in [3.63, 3.8) is 0 Å². The zero-order chi connectivity index (χ0) is 11.6. The third-order valence-corrected chi connectivity index (χ3v) is 2.22. The summed E-state index contributed by atoms with van der Waals surface area (Å²) < 4.78 is 4.93. The summed E-state index contributed by atoms with van der Waals surface area (Å²) >= 11 is 0. The van der Waals surface area contributed by atoms with Crippen LogP contribution < -0.4 is 4.74 Å². The number of aromatic carboxylic acids is 1. The summed E-state index contributed by atoms with van der Waals surface area (Å²) in [7, 11) is 0. The maximum Gasteiger partial charge on any atom is 0.335 e. The number of ether oxygens (including phenoxy) is 1. The molecule has 0 saturated heterocycles. The van der Waals surface area contributed by atoms with E-state index in [4.69, 9.17) is 9.84 Å². The number of carbonyl (C=O) groups excluding carboxylic acids is 1. The number of hydrogen-bond acceptors (Lipinski definition) is 3. The SMILES string of the molecule is CC(=O)Oc1ccc(C(=O)O)c(C)c1C. The molecule has 0 aromatic heterocycles. The number of esters is 1. The molecule has 0 aliphatic heterocycles. The Kier molecular flexibility index (Phi) is 3.09. The predicted molar refractivity (Wildman–Crippen MR) is 54.2 cm³/mol. The van der Waals surface area contributed by atoms with Crippen molar-refractivity contribution in [2.45, 2.75) is 20.8 Å². The first kappa shape index (κ1) is 11.2. The van der Waals surface area contributed by atoms with Crippen LogP contribution in [0.4, 0.5) is 0 Å². The fraction of sp³-hybridized carbons (Fsp3) is 0.273. The molecule has 0 amide bonds. The highest BCUT2D eigenvalue weighted by atomic mass is 16.5. The van der Waals surface area contributed by atoms with Crippen molar-refractivity contribution in [2.75, 3.05) is 0 Å². The molecule has 4 nitrogen and oxygen atoms in total. The fourth-order valence-electron chi connectivity index (χ4n) is 1.29. The predicted octanol–water partition coefficient (Wildman–Crippen LogP) is 1.93. The van der Waals surface area contributed by atoms with Gasteiger partial charge in [-0.1, -0.05) is 0 Å². The molecule has 0 unspecified atom stereocenters. The van der Waals surface area contributed by atoms with Crippen molar-refractivity contribution in [1.29, 1.82) is 0 Å². The van der Waals surface area contributed by atoms with Crippen LogP contribution in [0.1, 0.15) is 28.4 Å². The van der Waals surface area contributed by atoms with Gasteiger partial charge in [0.1, 0.15) is 5.75 Å². The Morgan fingerprint density at radius 2 is 1.80 bits per heavy atom. The van der Waals surface area contributed by atoms with Gasteiger partial charge in [-0.25, -0.2) is 4.79 Å². The first-order chi connectivity index (χ1) is 6.93. The van der Waals surface area contributed by atoms with E-state index >= 15 is 0 Å². The van der Waals surface area contributed by atoms with E-state index in [1.54, 1.807) is 13.8 Å². The number of hydrogen-bond donors (Lipinski definition) is 1. The highest BCUT2D eigenvalue weighted by molar-refractivity contribution is 5.90. The molecule has 0 spiro atoms. The van der Waals surface area contributed by atoms with Crippen LogP contribution in [0, 0.1) is 13.8 Å². The summed E-state index contributed by atoms with van der Waals surface area (Å²) in [5.74, 6) is -0.990. The fourth-order valence-corrected chi connectivity index (χ4v) is 1.29. The van der Waals surface area contributed by atoms with Crippen molar-refractivity contribution in [2.24, 2.45) is 0 Å². The molecule has 1 aromatic carbocycles. The molecule has 0 heterocycles. The molecule has 80 valence electrons. The number of carbonyl (C=O) groups is 2. The van der Waals surface area contributed by atoms with E-state index < -0.39 is 11.9 Å². The van der Waals surface area contributed by atoms with Crippen LogP contribution in [0.3, 0.4) is 0 Å². The van der Waals surface area contributed by atoms with Crippen molar-refractivity contribution in [1.82, 2.24) is 0 Å². The Morgan fingerprint density at radius 1 is 1.20 bits per heavy atom. The molecule has 0 bridgehead atoms. The summed E-state index contributed by atoms with van der Waals surface area (Å²) in [6.45, 7) is 4.71. The van der Waals surface area contributed by atoms with Crippen molar-refractivity contribution >= 4 is 11.9 Å². The Hall–Kier alpha value is -1.84. The Balaban J connectivity index is 3.21. The van der Waals surface area contributed by atoms with E-state index in [2.05, 4.69) is 0 Å². The lowest BCUT2D eigenvalue weighted by atomic mass is 10.0. The second kappa shape index (κ2) is 4.13. The van der Waals surface area contributed by atoms with Crippen LogP contribution in [-0.4, -0.2) is 17.0 Å². The largest absolute Gasteiger partial charge is 0.478 e. The van der Waals surface area contributed by atoms with Crippen LogP contribution >= 0.6 is 0 Å². The van der Waals surface area contributed by atoms with Crippen LogP contribution in [0.25, 0.3) is 0 Å². The van der Waals surface area contributed by atoms with E-state index in [1.807, 2.05) is 0 Å². The van der Waals surface area contributed by atoms with Gasteiger partial charge in [0.05, 0.1) is 5.56 Å². The van der Waals surface area contributed by atoms with Gasteiger partial charge in [0.2, 0.25) is 0 Å². The van der Waals surface area contributed by atoms with Gasteiger partial charge >= 0.3 is 11.9 Å². The molecule has 1 aromatic rings. The smallest absolute Gasteiger partial charge is 0.335 e. The molecule has 0 fully saturated rings. The maximum atomic E-state index is 10.8. The van der Waals surface area contributed by atoms with E-state index in [-0.39, 0.29) is 5.56 Å². The summed E-state index contributed by atoms with van der Waals surface area (Å²) in [6, 6.07) is 2.93. The first-order valence-electron chi connectivity index (χ1n) is 4.45. The zero-order valence-electron chi connectivity index (χ0n) is 8.83. The second-order valence-electron chi connectivity index (χ2n) is 3.26. The second-order valence-corrected chi connectivity index (χ2v) is 3.26. The van der Waals surface area contributed by atoms with Gasteiger partial charge in [-0.2, -0.15) is 0 Å². The lowest BCUT2D eigenvalue weighted by Crippen LogP contribution is -2.06. The molecule has 4 heteroatoms. The minimum atomic E-state index is -0.982. The standard InChI is InChI=1S/C11H12O4/c1-6-7(2)10(15-8(3)12)5-4-9(6)11(13)14/h4-5H,1-3H3,(H,13,14). The first-order valence-corrected chi connectivity index (χ1v) is 4.45. The highest BCUT2D eigenvalue weighted by Crippen LogP contribution is 2.24. The van der Waals surface area contributed by atoms with Crippen LogP contribution in [0.2, 0.25) is 0 Å². The molecular weight excluding hydrogens is 196 g/mol. The molecule has 15 heavy (non-hydrogen) atoms. The molecule has 0 atom stereocenters. The molecule has 0 aliphatic rings. The Bertz CT molecular complexity index is 421. The van der Waals surface area contributed by atoms with Crippen LogP contribution in [0.5, 0.6) is 5.75 Å². The molecule has 1 rings (SSSR count). The van der Waals surface area contributed by atoms with E-state index in [0.29, 0.717) is 16.9 Å². The van der Waals surface area contributed by atoms with Crippen LogP contribution in [0.15, 0.2) is 12.1 Å². The average Bonchev–Trinajstić information content (AvgIpc) is 2.12. The minimum absolute atomic E-state index is 0.225. The summed E-state index contributed by atoms with van der Waals surface area (Å²) in [6.07, 6.45) is 0. The van der Waals surface area contributed by atoms with Gasteiger partial charge in [-0.05, 0) is 37.1 Å². The van der Waals surface area contributed by atoms with Gasteiger partial charge in [-0.3, -0.25) is 4.79 Å². The average molecular weight is 208 g/mol. The minimum Gasteiger partial charge on any atom is -0.478 e. The zero-order valence-corrected chi connectivity index (χ0v) is 8.83. The number of carboxylic acids is 1. The lowest BCUT2D eigenvalue weighted by molar-refractivity contribution is -0.131. The number of benzene rings is 1. The van der Waals surface area contributed by atoms with Crippen LogP contribution in [-0.2, 0) is 4.79 Å². The number of carboxylic acid groups (broad SMARTS) is 1. The highest BCUT2D eigenvalue weighted by Gasteiger charge is 2.12. The monoisotopic (exact) mass is 208 g/mol. The molecule has 0 radical (unpaired) electrons. The Morgan fingerprint density at radius 3 is 2.27 bits per heavy atom. The topological polar surface area (TPSA) is 63.6 Å². The third kappa shape index (κ3) is 2.34. The molecule has 0 aliphatic carbocycles. The van der Waals surface area contributed by atoms with Gasteiger partial charge < -0.3 is 9.84 Å². The Labute approximate surface area is 87.5 Å². The molecular formula is C11H12O4. The maximum absolute atomic E-state index is 10.8. The third-order valence-electron chi connectivity index (χ3n) is 2.22. The van der Waals surface area contributed by atoms with Crippen molar-refractivity contribution < 1.29 is 19.4 Å². The molecule has 0 saturated carbocycles. The van der Waals surface area contributed by atoms with Crippen molar-refractivity contribution in [3.8, 4) is 5.75 Å². The lowest BCUT2D eigenvalue weighted by Gasteiger charge is -2.10. The summed E-state index contributed by atoms with van der Waals surface area (Å²) in [5.41, 5.74) is 1.51. The molecule has 1 N–H and O–H groups in total. The van der Waals surface area contributed by atoms with E-state index in [9.17, 15) is 9.59 Å². The van der Waals surface area contributed by atoms with Gasteiger partial charge in [-0.15, -0.1) is 0 Å². The summed E-state index contributed by atoms with van der Waals surface area (Å²) in [5, 5.41) is 8.86. The summed E-state index contributed by atoms with van der Waals surface area (Å²) in [4.78, 5) is 21.6. The quantitative estimate of drug-likeness (QED) is 0.595. The van der Waals surface area contributed by atoms with Gasteiger partial charge in [0.25, 0.3) is 0 Å². The van der Waals surface area contributed by atoms with E-state index in [0.717, 1.165) is 0 Å². The van der Waals surface area contributed by atoms with E-state index in [1.165, 1.54) is 19.1 Å². The number of rotatable bonds is 2. The van der Waals surface area contributed by atoms with Gasteiger partial charge in [0, 0.05) is 6.92 Å². The van der Waals surface area contributed by atoms with Crippen molar-refractivity contribution in [3.05, 3.63) is 28.8 Å². The van der Waals surface area contributed by atoms with Gasteiger partial charge in [0.15, 0.2) is 0 Å². The normalized spacial score (nSPS) is 9.80.